The van der Waals surface area contributed by atoms with E-state index in [1.165, 1.54) is 6.92 Å². The Bertz CT molecular complexity index is 677. The molecule has 0 aliphatic rings. The Balaban J connectivity index is 0.00000242. The van der Waals surface area contributed by atoms with E-state index >= 15 is 0 Å². The van der Waals surface area contributed by atoms with Gasteiger partial charge in [-0.05, 0) is 5.56 Å². The Morgan fingerprint density at radius 3 is 2.41 bits per heavy atom. The number of carbonyl (C=O) groups is 1. The predicted molar refractivity (Wildman–Crippen MR) is 62.0 cm³/mol. The Kier molecular flexibility index (Phi) is 5.80. The molecule has 1 radical (unpaired) electrons. The van der Waals surface area contributed by atoms with E-state index in [4.69, 9.17) is 4.42 Å². The number of halogens is 4. The van der Waals surface area contributed by atoms with Crippen LogP contribution in [0.2, 0.25) is 0 Å². The first kappa shape index (κ1) is 18.7. The summed E-state index contributed by atoms with van der Waals surface area (Å²) >= 11 is 0. The molecule has 22 heavy (non-hydrogen) atoms. The van der Waals surface area contributed by atoms with Gasteiger partial charge in [-0.15, -0.1) is 16.7 Å². The quantitative estimate of drug-likeness (QED) is 0.632. The number of aryl methyl sites for hydroxylation is 2. The molecule has 0 fully saturated rings. The van der Waals surface area contributed by atoms with E-state index in [1.807, 2.05) is 6.07 Å². The smallest absolute Gasteiger partial charge is 0.394 e. The van der Waals surface area contributed by atoms with E-state index in [2.05, 4.69) is 15.5 Å². The van der Waals surface area contributed by atoms with Gasteiger partial charge in [0, 0.05) is 45.5 Å². The Morgan fingerprint density at radius 1 is 1.32 bits per heavy atom. The third kappa shape index (κ3) is 4.10. The van der Waals surface area contributed by atoms with Crippen LogP contribution in [0.25, 0.3) is 0 Å². The van der Waals surface area contributed by atoms with Crippen LogP contribution in [0, 0.1) is 25.7 Å². The molecule has 0 unspecified atom stereocenters. The van der Waals surface area contributed by atoms with Crippen molar-refractivity contribution in [3.05, 3.63) is 40.5 Å². The van der Waals surface area contributed by atoms with Crippen LogP contribution in [-0.2, 0) is 38.9 Å². The molecular formula is C12H8F4N3O2Y-. The van der Waals surface area contributed by atoms with Gasteiger partial charge in [0.05, 0.1) is 0 Å². The number of hydrogen-bond acceptors (Lipinski definition) is 4. The van der Waals surface area contributed by atoms with Gasteiger partial charge < -0.3 is 4.42 Å². The van der Waals surface area contributed by atoms with Gasteiger partial charge in [-0.1, -0.05) is 17.6 Å². The maximum atomic E-state index is 13.8. The Hall–Kier alpha value is -1.35. The van der Waals surface area contributed by atoms with Crippen molar-refractivity contribution in [2.24, 2.45) is 0 Å². The maximum absolute atomic E-state index is 13.8. The Morgan fingerprint density at radius 2 is 1.95 bits per heavy atom. The number of alkyl halides is 3. The first-order chi connectivity index (χ1) is 9.68. The molecule has 1 N–H and O–H groups in total. The summed E-state index contributed by atoms with van der Waals surface area (Å²) in [7, 11) is 0. The average molecular weight is 391 g/mol. The molecule has 0 bridgehead atoms. The largest absolute Gasteiger partial charge is 0.408 e. The number of carbonyl (C=O) groups excluding carboxylic acids is 1. The summed E-state index contributed by atoms with van der Waals surface area (Å²) in [5.74, 6) is -2.15. The van der Waals surface area contributed by atoms with Crippen LogP contribution >= 0.6 is 0 Å². The van der Waals surface area contributed by atoms with Gasteiger partial charge in [-0.2, -0.15) is 19.2 Å². The molecule has 0 spiro atoms. The number of hydrogen-bond donors (Lipinski definition) is 1. The zero-order valence-electron chi connectivity index (χ0n) is 11.4. The van der Waals surface area contributed by atoms with Crippen molar-refractivity contribution in [1.82, 2.24) is 10.2 Å². The first-order valence-electron chi connectivity index (χ1n) is 5.59. The van der Waals surface area contributed by atoms with Gasteiger partial charge in [0.2, 0.25) is 11.8 Å². The van der Waals surface area contributed by atoms with Gasteiger partial charge in [0.1, 0.15) is 0 Å². The van der Waals surface area contributed by atoms with Crippen LogP contribution < -0.4 is 5.32 Å². The third-order valence-electron chi connectivity index (χ3n) is 2.49. The second-order valence-corrected chi connectivity index (χ2v) is 4.11. The second kappa shape index (κ2) is 6.83. The van der Waals surface area contributed by atoms with E-state index < -0.39 is 29.0 Å². The molecule has 1 amide bonds. The summed E-state index contributed by atoms with van der Waals surface area (Å²) in [6.45, 7) is 2.62. The van der Waals surface area contributed by atoms with Gasteiger partial charge in [0.25, 0.3) is 0 Å². The molecule has 0 aliphatic heterocycles. The van der Waals surface area contributed by atoms with Crippen molar-refractivity contribution in [1.29, 1.82) is 0 Å². The van der Waals surface area contributed by atoms with E-state index in [-0.39, 0.29) is 56.2 Å². The fraction of sp³-hybridized carbons (Fsp3) is 0.250. The van der Waals surface area contributed by atoms with Crippen LogP contribution in [0.3, 0.4) is 0 Å². The molecule has 2 aromatic rings. The maximum Gasteiger partial charge on any atom is 0.394 e. The van der Waals surface area contributed by atoms with Crippen LogP contribution in [0.15, 0.2) is 10.5 Å². The van der Waals surface area contributed by atoms with E-state index in [0.29, 0.717) is 0 Å². The van der Waals surface area contributed by atoms with Crippen molar-refractivity contribution < 1.29 is 59.5 Å². The van der Waals surface area contributed by atoms with Crippen molar-refractivity contribution in [2.45, 2.75) is 20.0 Å². The molecule has 0 atom stereocenters. The molecule has 10 heteroatoms. The van der Waals surface area contributed by atoms with E-state index in [1.54, 1.807) is 0 Å². The predicted octanol–water partition coefficient (Wildman–Crippen LogP) is 2.89. The van der Waals surface area contributed by atoms with Crippen LogP contribution in [0.4, 0.5) is 23.6 Å². The number of benzene rings is 1. The van der Waals surface area contributed by atoms with Gasteiger partial charge >= 0.3 is 12.2 Å². The van der Waals surface area contributed by atoms with E-state index in [0.717, 1.165) is 6.92 Å². The number of rotatable bonds is 2. The number of aromatic nitrogens is 2. The van der Waals surface area contributed by atoms with E-state index in [9.17, 15) is 22.4 Å². The summed E-state index contributed by atoms with van der Waals surface area (Å²) in [6, 6.07) is 1.86. The monoisotopic (exact) mass is 391 g/mol. The van der Waals surface area contributed by atoms with Gasteiger partial charge in [-0.3, -0.25) is 10.1 Å². The van der Waals surface area contributed by atoms with Crippen LogP contribution in [-0.4, -0.2) is 16.1 Å². The molecule has 1 heterocycles. The van der Waals surface area contributed by atoms with Crippen molar-refractivity contribution >= 4 is 11.9 Å². The molecule has 5 nitrogen and oxygen atoms in total. The standard InChI is InChI=1S/C12H8F4N3O2.Y/c1-5-3-7(12(14,15)16)4-8(13)9(5)10(20)17-11-19-18-6(2)21-11;/h4H,1-2H3,(H,17,19,20);/q-1;. The summed E-state index contributed by atoms with van der Waals surface area (Å²) < 4.78 is 56.1. The Labute approximate surface area is 147 Å². The molecule has 0 aliphatic carbocycles. The fourth-order valence-corrected chi connectivity index (χ4v) is 1.62. The first-order valence-corrected chi connectivity index (χ1v) is 5.59. The zero-order chi connectivity index (χ0) is 15.8. The number of anilines is 1. The minimum absolute atomic E-state index is 0. The fourth-order valence-electron chi connectivity index (χ4n) is 1.62. The average Bonchev–Trinajstić information content (AvgIpc) is 2.72. The molecule has 1 aromatic heterocycles. The van der Waals surface area contributed by atoms with Gasteiger partial charge in [-0.25, -0.2) is 4.39 Å². The van der Waals surface area contributed by atoms with Crippen molar-refractivity contribution in [2.75, 3.05) is 5.32 Å². The third-order valence-corrected chi connectivity index (χ3v) is 2.49. The summed E-state index contributed by atoms with van der Waals surface area (Å²) in [6.07, 6.45) is -4.75. The minimum atomic E-state index is -4.75. The van der Waals surface area contributed by atoms with Crippen molar-refractivity contribution in [3.8, 4) is 0 Å². The summed E-state index contributed by atoms with van der Waals surface area (Å²) in [4.78, 5) is 11.8. The number of nitrogens with one attached hydrogen (secondary N) is 1. The zero-order valence-corrected chi connectivity index (χ0v) is 14.2. The van der Waals surface area contributed by atoms with Crippen molar-refractivity contribution in [3.63, 3.8) is 0 Å². The number of nitrogens with zero attached hydrogens (tertiary/aromatic N) is 2. The molecular weight excluding hydrogens is 383 g/mol. The second-order valence-electron chi connectivity index (χ2n) is 4.11. The minimum Gasteiger partial charge on any atom is -0.408 e. The molecule has 115 valence electrons. The topological polar surface area (TPSA) is 68.0 Å². The molecule has 0 saturated carbocycles. The number of amides is 1. The molecule has 1 aromatic carbocycles. The molecule has 0 saturated heterocycles. The summed E-state index contributed by atoms with van der Waals surface area (Å²) in [5.41, 5.74) is -2.14. The van der Waals surface area contributed by atoms with Crippen LogP contribution in [0.5, 0.6) is 0 Å². The summed E-state index contributed by atoms with van der Waals surface area (Å²) in [5, 5.41) is 9.01. The van der Waals surface area contributed by atoms with Gasteiger partial charge in [0.15, 0.2) is 0 Å². The normalized spacial score (nSPS) is 11.0. The SMILES string of the molecule is Cc1nnc(NC(=O)c2c(C)[c-]c(C(F)(F)F)cc2F)o1.[Y]. The molecule has 2 rings (SSSR count). The van der Waals surface area contributed by atoms with Crippen LogP contribution in [0.1, 0.15) is 27.4 Å².